The Morgan fingerprint density at radius 2 is 1.82 bits per heavy atom. The number of rotatable bonds is 6. The lowest BCUT2D eigenvalue weighted by Crippen LogP contribution is -2.46. The third kappa shape index (κ3) is 5.42. The summed E-state index contributed by atoms with van der Waals surface area (Å²) in [5, 5.41) is 9.14. The number of nitrogens with zero attached hydrogens (tertiary/aromatic N) is 3. The molecule has 0 bridgehead atoms. The van der Waals surface area contributed by atoms with Crippen molar-refractivity contribution in [1.29, 1.82) is 0 Å². The van der Waals surface area contributed by atoms with Crippen LogP contribution in [0.2, 0.25) is 0 Å². The Morgan fingerprint density at radius 3 is 2.50 bits per heavy atom. The summed E-state index contributed by atoms with van der Waals surface area (Å²) in [5.74, 6) is -1.87. The first-order valence-electron chi connectivity index (χ1n) is 11.5. The highest BCUT2D eigenvalue weighted by molar-refractivity contribution is 7.92. The van der Waals surface area contributed by atoms with Crippen LogP contribution < -0.4 is 9.62 Å². The van der Waals surface area contributed by atoms with Crippen molar-refractivity contribution in [2.75, 3.05) is 22.7 Å². The molecular weight excluding hydrogens is 528 g/mol. The summed E-state index contributed by atoms with van der Waals surface area (Å²) in [6.45, 7) is 3.51. The number of anilines is 2. The van der Waals surface area contributed by atoms with Gasteiger partial charge in [0.15, 0.2) is 5.03 Å². The van der Waals surface area contributed by atoms with E-state index in [1.54, 1.807) is 17.9 Å². The zero-order valence-corrected chi connectivity index (χ0v) is 21.2. The van der Waals surface area contributed by atoms with E-state index in [-0.39, 0.29) is 23.5 Å². The number of aliphatic carboxylic acids is 1. The number of hydrogen-bond donors (Lipinski definition) is 2. The Balaban J connectivity index is 1.68. The Kier molecular flexibility index (Phi) is 7.08. The van der Waals surface area contributed by atoms with Crippen LogP contribution in [0, 0.1) is 18.2 Å². The van der Waals surface area contributed by atoms with Crippen LogP contribution in [0.5, 0.6) is 0 Å². The molecule has 4 rings (SSSR count). The number of nitrogens with one attached hydrogen (secondary N) is 1. The van der Waals surface area contributed by atoms with E-state index < -0.39 is 55.5 Å². The predicted octanol–water partition coefficient (Wildman–Crippen LogP) is 5.10. The number of hydrogen-bond acceptors (Lipinski definition) is 6. The van der Waals surface area contributed by atoms with Gasteiger partial charge in [0.1, 0.15) is 17.5 Å². The number of carbonyl (C=O) groups is 1. The number of piperidine rings is 1. The van der Waals surface area contributed by atoms with Gasteiger partial charge in [0.2, 0.25) is 0 Å². The minimum atomic E-state index is -4.83. The normalized spacial score (nSPS) is 18.3. The molecule has 8 nitrogen and oxygen atoms in total. The van der Waals surface area contributed by atoms with E-state index in [0.717, 1.165) is 12.1 Å². The van der Waals surface area contributed by atoms with E-state index in [1.807, 2.05) is 0 Å². The number of aromatic nitrogens is 2. The van der Waals surface area contributed by atoms with E-state index in [2.05, 4.69) is 14.7 Å². The SMILES string of the molecule is Cc1c(F)cccc1-c1nc(NS(=O)(=O)c2cccc(N3CCC[C@](C)(C(=O)O)C3)n2)ccc1C(F)(F)F. The van der Waals surface area contributed by atoms with Crippen molar-refractivity contribution in [3.63, 3.8) is 0 Å². The van der Waals surface area contributed by atoms with Crippen LogP contribution in [0.15, 0.2) is 53.6 Å². The molecule has 0 aliphatic carbocycles. The number of halogens is 4. The number of sulfonamides is 1. The highest BCUT2D eigenvalue weighted by Gasteiger charge is 2.39. The summed E-state index contributed by atoms with van der Waals surface area (Å²) in [7, 11) is -4.41. The lowest BCUT2D eigenvalue weighted by molar-refractivity contribution is -0.148. The van der Waals surface area contributed by atoms with Crippen LogP contribution in [-0.2, 0) is 21.0 Å². The van der Waals surface area contributed by atoms with Crippen molar-refractivity contribution in [3.05, 3.63) is 65.5 Å². The molecule has 1 saturated heterocycles. The molecule has 0 saturated carbocycles. The molecule has 1 aliphatic rings. The molecule has 0 amide bonds. The lowest BCUT2D eigenvalue weighted by Gasteiger charge is -2.38. The first kappa shape index (κ1) is 27.3. The Hall–Kier alpha value is -3.74. The molecule has 1 atom stereocenters. The van der Waals surface area contributed by atoms with Crippen molar-refractivity contribution in [1.82, 2.24) is 9.97 Å². The molecule has 0 unspecified atom stereocenters. The fourth-order valence-electron chi connectivity index (χ4n) is 4.34. The maximum absolute atomic E-state index is 14.1. The van der Waals surface area contributed by atoms with Gasteiger partial charge in [-0.15, -0.1) is 0 Å². The minimum absolute atomic E-state index is 0.0743. The smallest absolute Gasteiger partial charge is 0.418 e. The average molecular weight is 553 g/mol. The van der Waals surface area contributed by atoms with Gasteiger partial charge < -0.3 is 10.0 Å². The van der Waals surface area contributed by atoms with Gasteiger partial charge in [-0.2, -0.15) is 21.6 Å². The zero-order valence-electron chi connectivity index (χ0n) is 20.4. The van der Waals surface area contributed by atoms with E-state index >= 15 is 0 Å². The third-order valence-corrected chi connectivity index (χ3v) is 7.74. The van der Waals surface area contributed by atoms with Gasteiger partial charge in [-0.1, -0.05) is 18.2 Å². The first-order valence-corrected chi connectivity index (χ1v) is 13.0. The van der Waals surface area contributed by atoms with E-state index in [4.69, 9.17) is 0 Å². The number of alkyl halides is 3. The van der Waals surface area contributed by atoms with Crippen LogP contribution >= 0.6 is 0 Å². The third-order valence-electron chi connectivity index (χ3n) is 6.48. The summed E-state index contributed by atoms with van der Waals surface area (Å²) in [4.78, 5) is 21.4. The van der Waals surface area contributed by atoms with Crippen LogP contribution in [0.4, 0.5) is 29.2 Å². The standard InChI is InChI=1S/C25H24F4N4O4S/c1-15-16(6-3-7-18(15)26)22-17(25(27,28)29)10-11-19(30-22)32-38(36,37)21-9-4-8-20(31-21)33-13-5-12-24(2,14-33)23(34)35/h3-4,6-11H,5,12-14H2,1-2H3,(H,30,32)(H,34,35)/t24-/m0/s1. The molecule has 13 heteroatoms. The fourth-order valence-corrected chi connectivity index (χ4v) is 5.31. The van der Waals surface area contributed by atoms with Crippen molar-refractivity contribution in [3.8, 4) is 11.3 Å². The maximum Gasteiger partial charge on any atom is 0.418 e. The van der Waals surface area contributed by atoms with Crippen LogP contribution in [0.1, 0.15) is 30.9 Å². The quantitative estimate of drug-likeness (QED) is 0.409. The topological polar surface area (TPSA) is 112 Å². The minimum Gasteiger partial charge on any atom is -0.481 e. The van der Waals surface area contributed by atoms with E-state index in [1.165, 1.54) is 31.2 Å². The summed E-state index contributed by atoms with van der Waals surface area (Å²) < 4.78 is 83.6. The van der Waals surface area contributed by atoms with Crippen molar-refractivity contribution in [2.24, 2.45) is 5.41 Å². The molecule has 2 N–H and O–H groups in total. The summed E-state index contributed by atoms with van der Waals surface area (Å²) in [6.07, 6.45) is -3.80. The Morgan fingerprint density at radius 1 is 1.11 bits per heavy atom. The number of pyridine rings is 2. The molecule has 1 fully saturated rings. The molecule has 1 aliphatic heterocycles. The van der Waals surface area contributed by atoms with Gasteiger partial charge in [0, 0.05) is 18.7 Å². The van der Waals surface area contributed by atoms with E-state index in [9.17, 15) is 35.9 Å². The molecule has 3 aromatic rings. The van der Waals surface area contributed by atoms with Gasteiger partial charge in [-0.05, 0) is 62.6 Å². The Bertz CT molecular complexity index is 1500. The average Bonchev–Trinajstić information content (AvgIpc) is 2.85. The molecule has 38 heavy (non-hydrogen) atoms. The van der Waals surface area contributed by atoms with Gasteiger partial charge in [0.25, 0.3) is 10.0 Å². The van der Waals surface area contributed by atoms with Crippen molar-refractivity contribution < 1.29 is 35.9 Å². The van der Waals surface area contributed by atoms with Gasteiger partial charge in [0.05, 0.1) is 16.7 Å². The molecule has 3 heterocycles. The first-order chi connectivity index (χ1) is 17.7. The summed E-state index contributed by atoms with van der Waals surface area (Å²) in [5.41, 5.74) is -3.01. The second-order valence-electron chi connectivity index (χ2n) is 9.33. The zero-order chi connectivity index (χ0) is 27.9. The number of carboxylic acids is 1. The monoisotopic (exact) mass is 552 g/mol. The van der Waals surface area contributed by atoms with Crippen molar-refractivity contribution in [2.45, 2.75) is 37.9 Å². The second kappa shape index (κ2) is 9.86. The highest BCUT2D eigenvalue weighted by atomic mass is 32.2. The van der Waals surface area contributed by atoms with Crippen molar-refractivity contribution >= 4 is 27.6 Å². The largest absolute Gasteiger partial charge is 0.481 e. The van der Waals surface area contributed by atoms with Crippen LogP contribution in [-0.4, -0.2) is 42.6 Å². The van der Waals surface area contributed by atoms with E-state index in [0.29, 0.717) is 25.5 Å². The predicted molar refractivity (Wildman–Crippen MR) is 132 cm³/mol. The number of carboxylic acid groups (broad SMARTS) is 1. The summed E-state index contributed by atoms with van der Waals surface area (Å²) >= 11 is 0. The van der Waals surface area contributed by atoms with Gasteiger partial charge in [-0.3, -0.25) is 9.52 Å². The molecule has 2 aromatic heterocycles. The van der Waals surface area contributed by atoms with Crippen LogP contribution in [0.3, 0.4) is 0 Å². The highest BCUT2D eigenvalue weighted by Crippen LogP contribution is 2.38. The Labute approximate surface area is 216 Å². The number of benzene rings is 1. The summed E-state index contributed by atoms with van der Waals surface area (Å²) in [6, 6.07) is 9.33. The molecular formula is C25H24F4N4O4S. The van der Waals surface area contributed by atoms with Crippen LogP contribution in [0.25, 0.3) is 11.3 Å². The fraction of sp³-hybridized carbons (Fsp3) is 0.320. The molecule has 1 aromatic carbocycles. The lowest BCUT2D eigenvalue weighted by atomic mass is 9.82. The molecule has 0 radical (unpaired) electrons. The molecule has 202 valence electrons. The van der Waals surface area contributed by atoms with Gasteiger partial charge >= 0.3 is 12.1 Å². The van der Waals surface area contributed by atoms with Gasteiger partial charge in [-0.25, -0.2) is 14.4 Å². The maximum atomic E-state index is 14.1. The molecule has 0 spiro atoms. The second-order valence-corrected chi connectivity index (χ2v) is 11.0.